The van der Waals surface area contributed by atoms with E-state index in [1.807, 2.05) is 13.8 Å². The first-order chi connectivity index (χ1) is 13.1. The minimum absolute atomic E-state index is 0.117. The third-order valence-electron chi connectivity index (χ3n) is 4.29. The van der Waals surface area contributed by atoms with Crippen LogP contribution in [0.15, 0.2) is 47.5 Å². The van der Waals surface area contributed by atoms with E-state index in [9.17, 15) is 13.2 Å². The van der Waals surface area contributed by atoms with Crippen molar-refractivity contribution in [2.24, 2.45) is 10.7 Å². The van der Waals surface area contributed by atoms with Gasteiger partial charge in [-0.2, -0.15) is 13.2 Å². The Morgan fingerprint density at radius 3 is 2.32 bits per heavy atom. The molecule has 0 heterocycles. The SMILES string of the molecule is COc1ccc(OC)c(NC(N)=NCC(C)(C)c2cccc(C(F)(F)F)c2)c1. The molecular formula is C20H24F3N3O2. The zero-order valence-corrected chi connectivity index (χ0v) is 16.2. The molecule has 2 rings (SSSR count). The highest BCUT2D eigenvalue weighted by atomic mass is 19.4. The van der Waals surface area contributed by atoms with Crippen molar-refractivity contribution in [2.45, 2.75) is 25.4 Å². The molecule has 28 heavy (non-hydrogen) atoms. The molecule has 0 aliphatic rings. The van der Waals surface area contributed by atoms with Crippen molar-refractivity contribution in [2.75, 3.05) is 26.1 Å². The van der Waals surface area contributed by atoms with Gasteiger partial charge >= 0.3 is 6.18 Å². The average molecular weight is 395 g/mol. The molecule has 0 saturated carbocycles. The number of hydrogen-bond donors (Lipinski definition) is 2. The standard InChI is InChI=1S/C20H24F3N3O2/c1-19(2,13-6-5-7-14(10-13)20(21,22)23)12-25-18(24)26-16-11-15(27-3)8-9-17(16)28-4/h5-11H,12H2,1-4H3,(H3,24,25,26). The lowest BCUT2D eigenvalue weighted by Crippen LogP contribution is -2.28. The molecule has 0 radical (unpaired) electrons. The van der Waals surface area contributed by atoms with Crippen LogP contribution in [-0.4, -0.2) is 26.7 Å². The second kappa shape index (κ2) is 8.41. The third kappa shape index (κ3) is 5.31. The van der Waals surface area contributed by atoms with Gasteiger partial charge in [0.05, 0.1) is 32.0 Å². The van der Waals surface area contributed by atoms with Gasteiger partial charge < -0.3 is 20.5 Å². The summed E-state index contributed by atoms with van der Waals surface area (Å²) >= 11 is 0. The fraction of sp³-hybridized carbons (Fsp3) is 0.350. The van der Waals surface area contributed by atoms with Crippen LogP contribution in [0.4, 0.5) is 18.9 Å². The first-order valence-corrected chi connectivity index (χ1v) is 8.53. The third-order valence-corrected chi connectivity index (χ3v) is 4.29. The summed E-state index contributed by atoms with van der Waals surface area (Å²) in [4.78, 5) is 4.30. The number of anilines is 1. The van der Waals surface area contributed by atoms with Gasteiger partial charge in [-0.25, -0.2) is 0 Å². The molecule has 152 valence electrons. The fourth-order valence-electron chi connectivity index (χ4n) is 2.58. The van der Waals surface area contributed by atoms with Gasteiger partial charge in [-0.1, -0.05) is 32.0 Å². The molecule has 0 spiro atoms. The van der Waals surface area contributed by atoms with Crippen LogP contribution in [0.3, 0.4) is 0 Å². The Kier molecular flexibility index (Phi) is 6.43. The van der Waals surface area contributed by atoms with Crippen LogP contribution >= 0.6 is 0 Å². The molecule has 0 aromatic heterocycles. The van der Waals surface area contributed by atoms with Gasteiger partial charge in [0.15, 0.2) is 5.96 Å². The van der Waals surface area contributed by atoms with E-state index in [4.69, 9.17) is 15.2 Å². The average Bonchev–Trinajstić information content (AvgIpc) is 2.66. The lowest BCUT2D eigenvalue weighted by molar-refractivity contribution is -0.137. The van der Waals surface area contributed by atoms with Crippen molar-refractivity contribution < 1.29 is 22.6 Å². The van der Waals surface area contributed by atoms with E-state index in [0.29, 0.717) is 22.7 Å². The van der Waals surface area contributed by atoms with E-state index in [1.54, 1.807) is 31.4 Å². The molecule has 0 aliphatic carbocycles. The molecule has 2 aromatic carbocycles. The number of halogens is 3. The number of nitrogens with two attached hydrogens (primary N) is 1. The number of methoxy groups -OCH3 is 2. The number of nitrogens with one attached hydrogen (secondary N) is 1. The normalized spacial score (nSPS) is 12.6. The summed E-state index contributed by atoms with van der Waals surface area (Å²) in [5.41, 5.74) is 5.73. The number of ether oxygens (including phenoxy) is 2. The van der Waals surface area contributed by atoms with Crippen molar-refractivity contribution in [1.29, 1.82) is 0 Å². The molecule has 0 fully saturated rings. The van der Waals surface area contributed by atoms with E-state index >= 15 is 0 Å². The van der Waals surface area contributed by atoms with Crippen LogP contribution in [0.2, 0.25) is 0 Å². The van der Waals surface area contributed by atoms with Gasteiger partial charge in [0.2, 0.25) is 0 Å². The van der Waals surface area contributed by atoms with Crippen LogP contribution in [-0.2, 0) is 11.6 Å². The highest BCUT2D eigenvalue weighted by molar-refractivity contribution is 5.94. The summed E-state index contributed by atoms with van der Waals surface area (Å²) in [5, 5.41) is 2.94. The molecular weight excluding hydrogens is 371 g/mol. The van der Waals surface area contributed by atoms with Gasteiger partial charge in [-0.3, -0.25) is 4.99 Å². The summed E-state index contributed by atoms with van der Waals surface area (Å²) in [6.45, 7) is 3.82. The van der Waals surface area contributed by atoms with Crippen molar-refractivity contribution in [3.63, 3.8) is 0 Å². The van der Waals surface area contributed by atoms with Crippen molar-refractivity contribution >= 4 is 11.6 Å². The van der Waals surface area contributed by atoms with Crippen LogP contribution in [0.25, 0.3) is 0 Å². The van der Waals surface area contributed by atoms with Crippen LogP contribution in [0, 0.1) is 0 Å². The second-order valence-corrected chi connectivity index (χ2v) is 6.86. The molecule has 3 N–H and O–H groups in total. The number of benzene rings is 2. The van der Waals surface area contributed by atoms with E-state index in [0.717, 1.165) is 12.1 Å². The number of guanidine groups is 1. The number of hydrogen-bond acceptors (Lipinski definition) is 3. The molecule has 0 unspecified atom stereocenters. The Morgan fingerprint density at radius 1 is 1.04 bits per heavy atom. The van der Waals surface area contributed by atoms with E-state index in [2.05, 4.69) is 10.3 Å². The molecule has 5 nitrogen and oxygen atoms in total. The summed E-state index contributed by atoms with van der Waals surface area (Å²) in [7, 11) is 3.07. The summed E-state index contributed by atoms with van der Waals surface area (Å²) in [5.74, 6) is 1.28. The van der Waals surface area contributed by atoms with Gasteiger partial charge in [0.25, 0.3) is 0 Å². The van der Waals surface area contributed by atoms with Gasteiger partial charge in [-0.15, -0.1) is 0 Å². The maximum Gasteiger partial charge on any atom is 0.416 e. The largest absolute Gasteiger partial charge is 0.497 e. The van der Waals surface area contributed by atoms with Crippen molar-refractivity contribution in [1.82, 2.24) is 0 Å². The lowest BCUT2D eigenvalue weighted by Gasteiger charge is -2.24. The molecule has 2 aromatic rings. The number of rotatable bonds is 6. The Labute approximate surface area is 162 Å². The summed E-state index contributed by atoms with van der Waals surface area (Å²) in [6.07, 6.45) is -4.39. The smallest absolute Gasteiger partial charge is 0.416 e. The number of alkyl halides is 3. The summed E-state index contributed by atoms with van der Waals surface area (Å²) < 4.78 is 49.3. The molecule has 0 bridgehead atoms. The van der Waals surface area contributed by atoms with E-state index < -0.39 is 17.2 Å². The molecule has 0 saturated heterocycles. The van der Waals surface area contributed by atoms with Gasteiger partial charge in [0, 0.05) is 11.5 Å². The predicted molar refractivity (Wildman–Crippen MR) is 104 cm³/mol. The van der Waals surface area contributed by atoms with Crippen molar-refractivity contribution in [3.05, 3.63) is 53.6 Å². The van der Waals surface area contributed by atoms with Crippen molar-refractivity contribution in [3.8, 4) is 11.5 Å². The van der Waals surface area contributed by atoms with Crippen LogP contribution in [0.5, 0.6) is 11.5 Å². The topological polar surface area (TPSA) is 68.9 Å². The Morgan fingerprint density at radius 2 is 1.71 bits per heavy atom. The lowest BCUT2D eigenvalue weighted by atomic mass is 9.84. The van der Waals surface area contributed by atoms with Gasteiger partial charge in [-0.05, 0) is 23.8 Å². The number of aliphatic imine (C=N–C) groups is 1. The fourth-order valence-corrected chi connectivity index (χ4v) is 2.58. The van der Waals surface area contributed by atoms with Crippen LogP contribution in [0.1, 0.15) is 25.0 Å². The van der Waals surface area contributed by atoms with E-state index in [-0.39, 0.29) is 12.5 Å². The minimum Gasteiger partial charge on any atom is -0.497 e. The summed E-state index contributed by atoms with van der Waals surface area (Å²) in [6, 6.07) is 10.4. The highest BCUT2D eigenvalue weighted by Crippen LogP contribution is 2.33. The quantitative estimate of drug-likeness (QED) is 0.561. The Hall–Kier alpha value is -2.90. The minimum atomic E-state index is -4.39. The molecule has 0 aliphatic heterocycles. The zero-order valence-electron chi connectivity index (χ0n) is 16.2. The van der Waals surface area contributed by atoms with E-state index in [1.165, 1.54) is 13.2 Å². The number of nitrogens with zero attached hydrogens (tertiary/aromatic N) is 1. The first kappa shape index (κ1) is 21.4. The second-order valence-electron chi connectivity index (χ2n) is 6.86. The predicted octanol–water partition coefficient (Wildman–Crippen LogP) is 4.43. The molecule has 8 heteroatoms. The first-order valence-electron chi connectivity index (χ1n) is 8.53. The highest BCUT2D eigenvalue weighted by Gasteiger charge is 2.32. The van der Waals surface area contributed by atoms with Crippen LogP contribution < -0.4 is 20.5 Å². The molecule has 0 amide bonds. The Bertz CT molecular complexity index is 849. The zero-order chi connectivity index (χ0) is 20.9. The monoisotopic (exact) mass is 395 g/mol. The maximum absolute atomic E-state index is 13.0. The Balaban J connectivity index is 2.18. The molecule has 0 atom stereocenters. The maximum atomic E-state index is 13.0. The van der Waals surface area contributed by atoms with Gasteiger partial charge in [0.1, 0.15) is 11.5 Å².